The first kappa shape index (κ1) is 12.1. The largest absolute Gasteiger partial charge is 0.379 e. The third kappa shape index (κ3) is 7.44. The highest BCUT2D eigenvalue weighted by molar-refractivity contribution is 4.97. The van der Waals surface area contributed by atoms with Crippen LogP contribution in [0.15, 0.2) is 24.2 Å². The van der Waals surface area contributed by atoms with Crippen LogP contribution in [0.4, 0.5) is 0 Å². The first-order valence-corrected chi connectivity index (χ1v) is 4.97. The molecule has 0 aliphatic carbocycles. The van der Waals surface area contributed by atoms with Gasteiger partial charge in [0.1, 0.15) is 0 Å². The van der Waals surface area contributed by atoms with Gasteiger partial charge in [-0.25, -0.2) is 0 Å². The van der Waals surface area contributed by atoms with E-state index in [-0.39, 0.29) is 0 Å². The van der Waals surface area contributed by atoms with E-state index in [1.165, 1.54) is 18.5 Å². The molecule has 0 aliphatic heterocycles. The molecule has 0 saturated carbocycles. The van der Waals surface area contributed by atoms with Crippen molar-refractivity contribution in [1.82, 2.24) is 10.2 Å². The first-order valence-electron chi connectivity index (χ1n) is 4.97. The summed E-state index contributed by atoms with van der Waals surface area (Å²) in [7, 11) is 2.10. The van der Waals surface area contributed by atoms with Gasteiger partial charge in [0.05, 0.1) is 0 Å². The molecule has 13 heavy (non-hydrogen) atoms. The van der Waals surface area contributed by atoms with Crippen LogP contribution < -0.4 is 5.32 Å². The lowest BCUT2D eigenvalue weighted by atomic mass is 10.3. The summed E-state index contributed by atoms with van der Waals surface area (Å²) in [5, 5.41) is 3.18. The molecule has 0 spiro atoms. The molecule has 0 saturated heterocycles. The maximum absolute atomic E-state index is 3.18. The Morgan fingerprint density at radius 2 is 2.15 bits per heavy atom. The predicted octanol–water partition coefficient (Wildman–Crippen LogP) is 2.70. The fourth-order valence-electron chi connectivity index (χ4n) is 0.861. The Balaban J connectivity index is 3.58. The van der Waals surface area contributed by atoms with Crippen LogP contribution in [0.1, 0.15) is 33.6 Å². The van der Waals surface area contributed by atoms with Crippen molar-refractivity contribution in [2.75, 3.05) is 13.6 Å². The van der Waals surface area contributed by atoms with Gasteiger partial charge in [-0.1, -0.05) is 19.4 Å². The standard InChI is InChI=1S/C11H22N2/c1-5-7-9-13(4)10-8-12-11(3)6-2/h6,8,10,12H,5,7,9H2,1-4H3/b10-8-,11-6+. The highest BCUT2D eigenvalue weighted by Gasteiger charge is 1.88. The summed E-state index contributed by atoms with van der Waals surface area (Å²) in [5.41, 5.74) is 1.18. The van der Waals surface area contributed by atoms with E-state index in [9.17, 15) is 0 Å². The van der Waals surface area contributed by atoms with Crippen molar-refractivity contribution in [2.24, 2.45) is 0 Å². The van der Waals surface area contributed by atoms with Crippen LogP contribution in [0.2, 0.25) is 0 Å². The molecule has 0 atom stereocenters. The predicted molar refractivity (Wildman–Crippen MR) is 59.2 cm³/mol. The monoisotopic (exact) mass is 182 g/mol. The summed E-state index contributed by atoms with van der Waals surface area (Å²) in [5.74, 6) is 0. The van der Waals surface area contributed by atoms with Crippen LogP contribution in [0, 0.1) is 0 Å². The third-order valence-electron chi connectivity index (χ3n) is 1.94. The molecule has 0 fully saturated rings. The summed E-state index contributed by atoms with van der Waals surface area (Å²) >= 11 is 0. The van der Waals surface area contributed by atoms with Crippen LogP contribution in [0.5, 0.6) is 0 Å². The Bertz CT molecular complexity index is 171. The van der Waals surface area contributed by atoms with Gasteiger partial charge in [-0.15, -0.1) is 0 Å². The van der Waals surface area contributed by atoms with E-state index in [2.05, 4.69) is 43.4 Å². The molecular weight excluding hydrogens is 160 g/mol. The summed E-state index contributed by atoms with van der Waals surface area (Å²) in [6.07, 6.45) is 8.60. The normalized spacial score (nSPS) is 12.2. The van der Waals surface area contributed by atoms with Crippen LogP contribution in [-0.4, -0.2) is 18.5 Å². The molecule has 0 aromatic carbocycles. The zero-order chi connectivity index (χ0) is 10.1. The lowest BCUT2D eigenvalue weighted by Crippen LogP contribution is -2.13. The Morgan fingerprint density at radius 3 is 2.69 bits per heavy atom. The van der Waals surface area contributed by atoms with Crippen molar-refractivity contribution in [2.45, 2.75) is 33.6 Å². The van der Waals surface area contributed by atoms with Crippen LogP contribution >= 0.6 is 0 Å². The van der Waals surface area contributed by atoms with Crippen molar-refractivity contribution in [1.29, 1.82) is 0 Å². The van der Waals surface area contributed by atoms with Crippen LogP contribution in [0.3, 0.4) is 0 Å². The summed E-state index contributed by atoms with van der Waals surface area (Å²) in [4.78, 5) is 2.19. The zero-order valence-corrected chi connectivity index (χ0v) is 9.30. The van der Waals surface area contributed by atoms with Gasteiger partial charge in [-0.05, 0) is 20.3 Å². The van der Waals surface area contributed by atoms with Gasteiger partial charge in [0, 0.05) is 31.7 Å². The smallest absolute Gasteiger partial charge is 0.0169 e. The van der Waals surface area contributed by atoms with Crippen molar-refractivity contribution in [3.8, 4) is 0 Å². The average molecular weight is 182 g/mol. The molecule has 0 aromatic rings. The van der Waals surface area contributed by atoms with Crippen LogP contribution in [-0.2, 0) is 0 Å². The lowest BCUT2D eigenvalue weighted by molar-refractivity contribution is 0.439. The molecule has 2 heteroatoms. The molecule has 0 heterocycles. The van der Waals surface area contributed by atoms with Gasteiger partial charge in [0.25, 0.3) is 0 Å². The first-order chi connectivity index (χ1) is 6.20. The number of unbranched alkanes of at least 4 members (excludes halogenated alkanes) is 1. The molecule has 2 nitrogen and oxygen atoms in total. The van der Waals surface area contributed by atoms with E-state index in [0.717, 1.165) is 6.54 Å². The Kier molecular flexibility index (Phi) is 7.17. The molecule has 0 aromatic heterocycles. The lowest BCUT2D eigenvalue weighted by Gasteiger charge is -2.12. The minimum Gasteiger partial charge on any atom is -0.379 e. The SMILES string of the molecule is C/C=C(\C)N/C=C\N(C)CCCC. The minimum absolute atomic E-state index is 1.13. The van der Waals surface area contributed by atoms with E-state index in [4.69, 9.17) is 0 Å². The average Bonchev–Trinajstić information content (AvgIpc) is 2.14. The Labute approximate surface area is 82.3 Å². The molecule has 76 valence electrons. The molecule has 0 radical (unpaired) electrons. The Morgan fingerprint density at radius 1 is 1.46 bits per heavy atom. The number of rotatable bonds is 6. The molecule has 1 N–H and O–H groups in total. The quantitative estimate of drug-likeness (QED) is 0.679. The second kappa shape index (κ2) is 7.71. The van der Waals surface area contributed by atoms with E-state index < -0.39 is 0 Å². The number of nitrogens with zero attached hydrogens (tertiary/aromatic N) is 1. The topological polar surface area (TPSA) is 15.3 Å². The summed E-state index contributed by atoms with van der Waals surface area (Å²) in [6, 6.07) is 0. The zero-order valence-electron chi connectivity index (χ0n) is 9.30. The van der Waals surface area contributed by atoms with Gasteiger partial charge in [0.15, 0.2) is 0 Å². The fraction of sp³-hybridized carbons (Fsp3) is 0.636. The van der Waals surface area contributed by atoms with E-state index in [0.29, 0.717) is 0 Å². The van der Waals surface area contributed by atoms with Crippen LogP contribution in [0.25, 0.3) is 0 Å². The highest BCUT2D eigenvalue weighted by Crippen LogP contribution is 1.92. The summed E-state index contributed by atoms with van der Waals surface area (Å²) < 4.78 is 0. The number of allylic oxidation sites excluding steroid dienone is 2. The number of nitrogens with one attached hydrogen (secondary N) is 1. The second-order valence-corrected chi connectivity index (χ2v) is 3.27. The summed E-state index contributed by atoms with van der Waals surface area (Å²) in [6.45, 7) is 7.41. The van der Waals surface area contributed by atoms with Crippen molar-refractivity contribution >= 4 is 0 Å². The Hall–Kier alpha value is -0.920. The van der Waals surface area contributed by atoms with Gasteiger partial charge in [-0.2, -0.15) is 0 Å². The van der Waals surface area contributed by atoms with E-state index in [1.54, 1.807) is 0 Å². The maximum Gasteiger partial charge on any atom is 0.0169 e. The van der Waals surface area contributed by atoms with E-state index in [1.807, 2.05) is 13.1 Å². The highest BCUT2D eigenvalue weighted by atomic mass is 15.1. The molecule has 0 unspecified atom stereocenters. The fourth-order valence-corrected chi connectivity index (χ4v) is 0.861. The second-order valence-electron chi connectivity index (χ2n) is 3.27. The minimum atomic E-state index is 1.13. The van der Waals surface area contributed by atoms with Crippen molar-refractivity contribution < 1.29 is 0 Å². The van der Waals surface area contributed by atoms with Gasteiger partial charge in [-0.3, -0.25) is 0 Å². The number of hydrogen-bond donors (Lipinski definition) is 1. The number of hydrogen-bond acceptors (Lipinski definition) is 2. The molecule has 0 rings (SSSR count). The molecule has 0 amide bonds. The van der Waals surface area contributed by atoms with Gasteiger partial charge >= 0.3 is 0 Å². The molecular formula is C11H22N2. The molecule has 0 bridgehead atoms. The van der Waals surface area contributed by atoms with Gasteiger partial charge < -0.3 is 10.2 Å². The van der Waals surface area contributed by atoms with Gasteiger partial charge in [0.2, 0.25) is 0 Å². The third-order valence-corrected chi connectivity index (χ3v) is 1.94. The van der Waals surface area contributed by atoms with Crippen molar-refractivity contribution in [3.05, 3.63) is 24.2 Å². The van der Waals surface area contributed by atoms with E-state index >= 15 is 0 Å². The maximum atomic E-state index is 3.18. The van der Waals surface area contributed by atoms with Crippen molar-refractivity contribution in [3.63, 3.8) is 0 Å². The molecule has 0 aliphatic rings.